The maximum atomic E-state index is 12.4. The normalized spacial score (nSPS) is 21.5. The lowest BCUT2D eigenvalue weighted by Gasteiger charge is -2.26. The molecule has 1 aliphatic rings. The minimum Gasteiger partial charge on any atom is -0.387 e. The third-order valence-electron chi connectivity index (χ3n) is 4.38. The first-order chi connectivity index (χ1) is 11.0. The molecular weight excluding hydrogens is 292 g/mol. The lowest BCUT2D eigenvalue weighted by atomic mass is 10.0. The van der Waals surface area contributed by atoms with E-state index in [4.69, 9.17) is 0 Å². The van der Waals surface area contributed by atoms with Gasteiger partial charge in [0.25, 0.3) is 0 Å². The average Bonchev–Trinajstić information content (AvgIpc) is 3.08. The number of likely N-dealkylation sites (tertiary alicyclic amines) is 1. The summed E-state index contributed by atoms with van der Waals surface area (Å²) in [4.78, 5) is 16.1. The predicted molar refractivity (Wildman–Crippen MR) is 89.1 cm³/mol. The second-order valence-corrected chi connectivity index (χ2v) is 6.70. The van der Waals surface area contributed by atoms with Crippen LogP contribution in [0.4, 0.5) is 0 Å². The van der Waals surface area contributed by atoms with Crippen LogP contribution >= 0.6 is 0 Å². The van der Waals surface area contributed by atoms with Crippen molar-refractivity contribution in [2.45, 2.75) is 25.0 Å². The van der Waals surface area contributed by atoms with Crippen molar-refractivity contribution in [3.8, 4) is 0 Å². The van der Waals surface area contributed by atoms with Crippen LogP contribution in [0.5, 0.6) is 0 Å². The van der Waals surface area contributed by atoms with E-state index in [1.807, 2.05) is 54.1 Å². The number of hydrogen-bond donors (Lipinski definition) is 1. The molecule has 0 bridgehead atoms. The quantitative estimate of drug-likeness (QED) is 0.892. The number of hydrogen-bond acceptors (Lipinski definition) is 4. The van der Waals surface area contributed by atoms with Crippen molar-refractivity contribution in [2.75, 3.05) is 33.7 Å². The number of β-amino-alcohol motifs (C(OH)–C–C–N with tert-alkyl or cyclic N) is 1. The van der Waals surface area contributed by atoms with Crippen molar-refractivity contribution in [3.63, 3.8) is 0 Å². The highest BCUT2D eigenvalue weighted by molar-refractivity contribution is 5.79. The first-order valence-corrected chi connectivity index (χ1v) is 8.02. The first kappa shape index (κ1) is 16.0. The maximum absolute atomic E-state index is 12.4. The summed E-state index contributed by atoms with van der Waals surface area (Å²) < 4.78 is 1.87. The fourth-order valence-electron chi connectivity index (χ4n) is 3.35. The number of amides is 1. The predicted octanol–water partition coefficient (Wildman–Crippen LogP) is 0.951. The molecular formula is C17H24N4O2. The third-order valence-corrected chi connectivity index (χ3v) is 4.38. The first-order valence-electron chi connectivity index (χ1n) is 8.02. The highest BCUT2D eigenvalue weighted by Crippen LogP contribution is 2.22. The van der Waals surface area contributed by atoms with Gasteiger partial charge in [0.05, 0.1) is 30.4 Å². The fraction of sp³-hybridized carbons (Fsp3) is 0.529. The van der Waals surface area contributed by atoms with Crippen molar-refractivity contribution < 1.29 is 9.90 Å². The molecule has 0 spiro atoms. The Balaban J connectivity index is 1.58. The monoisotopic (exact) mass is 316 g/mol. The Bertz CT molecular complexity index is 697. The molecule has 124 valence electrons. The second kappa shape index (κ2) is 6.29. The van der Waals surface area contributed by atoms with Crippen LogP contribution in [0.1, 0.15) is 12.8 Å². The number of para-hydroxylation sites is 1. The van der Waals surface area contributed by atoms with Crippen LogP contribution in [0, 0.1) is 0 Å². The molecule has 0 unspecified atom stereocenters. The number of likely N-dealkylation sites (N-methyl/N-ethyl adjacent to an activating group) is 1. The number of aromatic nitrogens is 2. The lowest BCUT2D eigenvalue weighted by Crippen LogP contribution is -2.43. The van der Waals surface area contributed by atoms with Gasteiger partial charge in [-0.1, -0.05) is 18.2 Å². The van der Waals surface area contributed by atoms with Crippen molar-refractivity contribution in [3.05, 3.63) is 30.5 Å². The Morgan fingerprint density at radius 3 is 2.96 bits per heavy atom. The Morgan fingerprint density at radius 1 is 1.39 bits per heavy atom. The Kier molecular flexibility index (Phi) is 4.37. The standard InChI is InChI=1S/C17H24N4O2/c1-19(2)12-17(23)8-10-20(13-17)16(22)7-9-21-15-6-4-3-5-14(15)11-18-21/h3-6,11,23H,7-10,12-13H2,1-2H3/t17-/m0/s1. The van der Waals surface area contributed by atoms with E-state index in [9.17, 15) is 9.90 Å². The van der Waals surface area contributed by atoms with Crippen LogP contribution in [-0.4, -0.2) is 69.9 Å². The van der Waals surface area contributed by atoms with Gasteiger partial charge < -0.3 is 14.9 Å². The smallest absolute Gasteiger partial charge is 0.224 e. The molecule has 2 heterocycles. The molecule has 23 heavy (non-hydrogen) atoms. The molecule has 0 radical (unpaired) electrons. The minimum absolute atomic E-state index is 0.0827. The molecule has 0 aliphatic carbocycles. The summed E-state index contributed by atoms with van der Waals surface area (Å²) in [7, 11) is 3.87. The molecule has 1 aromatic heterocycles. The van der Waals surface area contributed by atoms with E-state index in [0.717, 1.165) is 10.9 Å². The number of aliphatic hydroxyl groups is 1. The van der Waals surface area contributed by atoms with E-state index < -0.39 is 5.60 Å². The van der Waals surface area contributed by atoms with E-state index in [0.29, 0.717) is 39.0 Å². The molecule has 2 aromatic rings. The fourth-order valence-corrected chi connectivity index (χ4v) is 3.35. The minimum atomic E-state index is -0.780. The van der Waals surface area contributed by atoms with Crippen LogP contribution in [-0.2, 0) is 11.3 Å². The SMILES string of the molecule is CN(C)C[C@@]1(O)CCN(C(=O)CCn2ncc3ccccc32)C1. The summed E-state index contributed by atoms with van der Waals surface area (Å²) in [6.45, 7) is 2.20. The molecule has 1 aromatic carbocycles. The van der Waals surface area contributed by atoms with Gasteiger partial charge in [-0.3, -0.25) is 9.48 Å². The van der Waals surface area contributed by atoms with Gasteiger partial charge in [0.15, 0.2) is 0 Å². The molecule has 1 saturated heterocycles. The number of carbonyl (C=O) groups excluding carboxylic acids is 1. The topological polar surface area (TPSA) is 61.6 Å². The molecule has 6 heteroatoms. The molecule has 3 rings (SSSR count). The zero-order chi connectivity index (χ0) is 16.4. The van der Waals surface area contributed by atoms with Crippen LogP contribution < -0.4 is 0 Å². The van der Waals surface area contributed by atoms with Crippen LogP contribution in [0.3, 0.4) is 0 Å². The van der Waals surface area contributed by atoms with Gasteiger partial charge in [0.2, 0.25) is 5.91 Å². The second-order valence-electron chi connectivity index (χ2n) is 6.70. The summed E-state index contributed by atoms with van der Waals surface area (Å²) in [5, 5.41) is 16.0. The van der Waals surface area contributed by atoms with Crippen LogP contribution in [0.2, 0.25) is 0 Å². The molecule has 1 fully saturated rings. The summed E-state index contributed by atoms with van der Waals surface area (Å²) in [5.41, 5.74) is 0.267. The van der Waals surface area contributed by atoms with E-state index in [1.165, 1.54) is 0 Å². The Labute approximate surface area is 136 Å². The van der Waals surface area contributed by atoms with Crippen molar-refractivity contribution in [1.29, 1.82) is 0 Å². The number of benzene rings is 1. The summed E-state index contributed by atoms with van der Waals surface area (Å²) >= 11 is 0. The number of nitrogens with zero attached hydrogens (tertiary/aromatic N) is 4. The Hall–Kier alpha value is -1.92. The van der Waals surface area contributed by atoms with Gasteiger partial charge >= 0.3 is 0 Å². The maximum Gasteiger partial charge on any atom is 0.224 e. The molecule has 0 saturated carbocycles. The van der Waals surface area contributed by atoms with Crippen molar-refractivity contribution >= 4 is 16.8 Å². The number of carbonyl (C=O) groups is 1. The van der Waals surface area contributed by atoms with Gasteiger partial charge in [0.1, 0.15) is 0 Å². The van der Waals surface area contributed by atoms with Gasteiger partial charge in [-0.2, -0.15) is 5.10 Å². The lowest BCUT2D eigenvalue weighted by molar-refractivity contribution is -0.131. The zero-order valence-electron chi connectivity index (χ0n) is 13.8. The molecule has 1 N–H and O–H groups in total. The highest BCUT2D eigenvalue weighted by atomic mass is 16.3. The van der Waals surface area contributed by atoms with Gasteiger partial charge in [0, 0.05) is 24.9 Å². The van der Waals surface area contributed by atoms with Gasteiger partial charge in [-0.05, 0) is 26.6 Å². The van der Waals surface area contributed by atoms with Gasteiger partial charge in [-0.25, -0.2) is 0 Å². The Morgan fingerprint density at radius 2 is 2.17 bits per heavy atom. The number of aryl methyl sites for hydroxylation is 1. The molecule has 1 aliphatic heterocycles. The highest BCUT2D eigenvalue weighted by Gasteiger charge is 2.38. The van der Waals surface area contributed by atoms with E-state index in [1.54, 1.807) is 4.90 Å². The zero-order valence-corrected chi connectivity index (χ0v) is 13.8. The summed E-state index contributed by atoms with van der Waals surface area (Å²) in [6, 6.07) is 7.99. The van der Waals surface area contributed by atoms with E-state index in [-0.39, 0.29) is 5.91 Å². The summed E-state index contributed by atoms with van der Waals surface area (Å²) in [5.74, 6) is 0.0827. The van der Waals surface area contributed by atoms with E-state index >= 15 is 0 Å². The van der Waals surface area contributed by atoms with Crippen LogP contribution in [0.25, 0.3) is 10.9 Å². The van der Waals surface area contributed by atoms with Crippen molar-refractivity contribution in [2.24, 2.45) is 0 Å². The average molecular weight is 316 g/mol. The van der Waals surface area contributed by atoms with Gasteiger partial charge in [-0.15, -0.1) is 0 Å². The summed E-state index contributed by atoms with van der Waals surface area (Å²) in [6.07, 6.45) is 2.87. The molecule has 1 atom stereocenters. The van der Waals surface area contributed by atoms with Crippen molar-refractivity contribution in [1.82, 2.24) is 19.6 Å². The largest absolute Gasteiger partial charge is 0.387 e. The third kappa shape index (κ3) is 3.54. The van der Waals surface area contributed by atoms with Crippen LogP contribution in [0.15, 0.2) is 30.5 Å². The molecule has 1 amide bonds. The van der Waals surface area contributed by atoms with E-state index in [2.05, 4.69) is 5.10 Å². The molecule has 6 nitrogen and oxygen atoms in total. The number of rotatable bonds is 5. The number of fused-ring (bicyclic) bond motifs is 1.